The van der Waals surface area contributed by atoms with Gasteiger partial charge in [0.2, 0.25) is 0 Å². The molecule has 0 saturated heterocycles. The summed E-state index contributed by atoms with van der Waals surface area (Å²) >= 11 is 0. The van der Waals surface area contributed by atoms with Crippen molar-refractivity contribution >= 4 is 17.1 Å². The van der Waals surface area contributed by atoms with Crippen molar-refractivity contribution in [1.82, 2.24) is 0 Å². The van der Waals surface area contributed by atoms with Crippen LogP contribution in [0.4, 0.5) is 17.1 Å². The Morgan fingerprint density at radius 2 is 0.619 bits per heavy atom. The average Bonchev–Trinajstić information content (AvgIpc) is 1.52. The van der Waals surface area contributed by atoms with Crippen LogP contribution in [0, 0.1) is 0 Å². The van der Waals surface area contributed by atoms with Crippen molar-refractivity contribution in [3.05, 3.63) is 329 Å². The van der Waals surface area contributed by atoms with Gasteiger partial charge in [-0.05, 0) is 166 Å². The lowest BCUT2D eigenvalue weighted by Gasteiger charge is -2.41. The molecule has 4 aliphatic rings. The lowest BCUT2D eigenvalue weighted by Crippen LogP contribution is -2.33. The van der Waals surface area contributed by atoms with E-state index in [2.05, 4.69) is 319 Å². The summed E-state index contributed by atoms with van der Waals surface area (Å²) < 4.78 is 7.09. The van der Waals surface area contributed by atoms with Crippen LogP contribution in [0.3, 0.4) is 0 Å². The molecule has 0 amide bonds. The molecule has 402 valence electrons. The van der Waals surface area contributed by atoms with E-state index in [1.54, 1.807) is 0 Å². The molecule has 1 aliphatic heterocycles. The van der Waals surface area contributed by atoms with Crippen molar-refractivity contribution in [1.29, 1.82) is 0 Å². The second-order valence-corrected chi connectivity index (χ2v) is 25.5. The highest BCUT2D eigenvalue weighted by atomic mass is 16.5. The Kier molecular flexibility index (Phi) is 10.9. The van der Waals surface area contributed by atoms with Crippen LogP contribution in [0.5, 0.6) is 11.5 Å². The van der Waals surface area contributed by atoms with Gasteiger partial charge in [-0.25, -0.2) is 0 Å². The molecule has 0 N–H and O–H groups in total. The summed E-state index contributed by atoms with van der Waals surface area (Å²) in [6, 6.07) is 103. The molecule has 0 saturated carbocycles. The van der Waals surface area contributed by atoms with E-state index >= 15 is 0 Å². The normalized spacial score (nSPS) is 14.1. The van der Waals surface area contributed by atoms with Gasteiger partial charge in [0.1, 0.15) is 11.5 Å². The molecule has 0 aromatic heterocycles. The van der Waals surface area contributed by atoms with E-state index < -0.39 is 10.8 Å². The van der Waals surface area contributed by atoms with Crippen LogP contribution in [0.15, 0.2) is 273 Å². The molecule has 3 aliphatic carbocycles. The molecular weight excluding hydrogens is 1010 g/mol. The summed E-state index contributed by atoms with van der Waals surface area (Å²) in [4.78, 5) is 2.56. The largest absolute Gasteiger partial charge is 0.457 e. The van der Waals surface area contributed by atoms with Gasteiger partial charge in [0.05, 0.1) is 22.2 Å². The summed E-state index contributed by atoms with van der Waals surface area (Å²) in [5, 5.41) is 0. The number of nitrogens with zero attached hydrogens (tertiary/aromatic N) is 1. The summed E-state index contributed by atoms with van der Waals surface area (Å²) in [5.74, 6) is 1.80. The van der Waals surface area contributed by atoms with Gasteiger partial charge in [-0.15, -0.1) is 0 Å². The molecule has 12 aromatic carbocycles. The Balaban J connectivity index is 0.955. The van der Waals surface area contributed by atoms with Gasteiger partial charge in [-0.1, -0.05) is 260 Å². The lowest BCUT2D eigenvalue weighted by molar-refractivity contribution is 0.433. The van der Waals surface area contributed by atoms with Crippen LogP contribution in [-0.4, -0.2) is 0 Å². The zero-order valence-electron chi connectivity index (χ0n) is 48.3. The quantitative estimate of drug-likeness (QED) is 0.165. The molecule has 84 heavy (non-hydrogen) atoms. The van der Waals surface area contributed by atoms with Crippen molar-refractivity contribution in [2.24, 2.45) is 0 Å². The van der Waals surface area contributed by atoms with Gasteiger partial charge >= 0.3 is 0 Å². The highest BCUT2D eigenvalue weighted by molar-refractivity contribution is 6.00. The predicted octanol–water partition coefficient (Wildman–Crippen LogP) is 21.6. The van der Waals surface area contributed by atoms with Gasteiger partial charge in [0.25, 0.3) is 0 Å². The van der Waals surface area contributed by atoms with E-state index in [4.69, 9.17) is 4.74 Å². The lowest BCUT2D eigenvalue weighted by atomic mass is 9.64. The Morgan fingerprint density at radius 3 is 1.11 bits per heavy atom. The van der Waals surface area contributed by atoms with Crippen LogP contribution in [0.1, 0.15) is 97.2 Å². The summed E-state index contributed by atoms with van der Waals surface area (Å²) in [6.45, 7) is 13.9. The Labute approximate surface area is 494 Å². The molecule has 0 atom stereocenters. The fraction of sp³-hybridized carbons (Fsp3) is 0.122. The summed E-state index contributed by atoms with van der Waals surface area (Å²) in [5.41, 5.74) is 29.2. The fourth-order valence-corrected chi connectivity index (χ4v) is 15.0. The highest BCUT2D eigenvalue weighted by Gasteiger charge is 2.53. The minimum atomic E-state index is -0.683. The van der Waals surface area contributed by atoms with Crippen LogP contribution < -0.4 is 9.64 Å². The number of para-hydroxylation sites is 2. The zero-order chi connectivity index (χ0) is 56.7. The number of benzene rings is 12. The molecule has 0 unspecified atom stereocenters. The van der Waals surface area contributed by atoms with Gasteiger partial charge in [-0.2, -0.15) is 0 Å². The monoisotopic (exact) mass is 1080 g/mol. The van der Waals surface area contributed by atoms with E-state index in [9.17, 15) is 0 Å². The van der Waals surface area contributed by atoms with E-state index in [0.29, 0.717) is 0 Å². The number of hydrogen-bond donors (Lipinski definition) is 0. The molecule has 2 heteroatoms. The molecule has 12 aromatic rings. The van der Waals surface area contributed by atoms with E-state index in [-0.39, 0.29) is 10.8 Å². The first kappa shape index (κ1) is 50.0. The Hall–Kier alpha value is -9.76. The predicted molar refractivity (Wildman–Crippen MR) is 349 cm³/mol. The fourth-order valence-electron chi connectivity index (χ4n) is 15.0. The standard InChI is InChI=1S/C82H63NO/c1-79(2,3)56-41-46-77-73(49-56)82(74-50-57(80(4,5)6)42-47-78(74)84-77)70-33-19-13-28-63(70)65-44-40-55(48-71(65)82)60-25-15-21-35-76(60)83(75-34-20-14-24-59(75)54-38-36-53(37-39-54)52-22-8-7-9-23-52)58-43-45-66-64-29-12-18-32-69(64)81(72(66)51-58)67-30-16-10-26-61(67)62-27-11-17-31-68(62)81/h7-51H,1-6H3. The Morgan fingerprint density at radius 1 is 0.262 bits per heavy atom. The van der Waals surface area contributed by atoms with E-state index in [0.717, 1.165) is 50.8 Å². The first-order valence-electron chi connectivity index (χ1n) is 29.7. The maximum atomic E-state index is 7.09. The molecule has 0 bridgehead atoms. The van der Waals surface area contributed by atoms with Crippen LogP contribution in [-0.2, 0) is 21.7 Å². The smallest absolute Gasteiger partial charge is 0.132 e. The summed E-state index contributed by atoms with van der Waals surface area (Å²) in [6.07, 6.45) is 0. The van der Waals surface area contributed by atoms with Gasteiger partial charge in [0.15, 0.2) is 0 Å². The van der Waals surface area contributed by atoms with Crippen molar-refractivity contribution in [2.75, 3.05) is 4.90 Å². The van der Waals surface area contributed by atoms with Crippen LogP contribution >= 0.6 is 0 Å². The van der Waals surface area contributed by atoms with Gasteiger partial charge in [-0.3, -0.25) is 0 Å². The first-order chi connectivity index (χ1) is 40.9. The van der Waals surface area contributed by atoms with E-state index in [1.165, 1.54) is 100 Å². The molecule has 2 nitrogen and oxygen atoms in total. The minimum Gasteiger partial charge on any atom is -0.457 e. The van der Waals surface area contributed by atoms with Crippen molar-refractivity contribution in [2.45, 2.75) is 63.2 Å². The Bertz CT molecular complexity index is 4530. The average molecular weight is 1080 g/mol. The number of ether oxygens (including phenoxy) is 1. The number of hydrogen-bond acceptors (Lipinski definition) is 2. The van der Waals surface area contributed by atoms with Crippen LogP contribution in [0.25, 0.3) is 66.8 Å². The third-order valence-corrected chi connectivity index (χ3v) is 18.9. The SMILES string of the molecule is CC(C)(C)c1ccc2c(c1)C1(c3cc(C(C)(C)C)ccc3O2)c2ccccc2-c2ccc(-c3ccccc3N(c3ccc4c(c3)C3(c5ccccc5-c5ccccc53)c3ccccc3-4)c3ccccc3-c3ccc(-c4ccccc4)cc3)cc21. The maximum Gasteiger partial charge on any atom is 0.132 e. The summed E-state index contributed by atoms with van der Waals surface area (Å²) in [7, 11) is 0. The van der Waals surface area contributed by atoms with Crippen molar-refractivity contribution < 1.29 is 4.74 Å². The molecule has 0 radical (unpaired) electrons. The number of anilines is 3. The second kappa shape index (κ2) is 18.4. The maximum absolute atomic E-state index is 7.09. The third kappa shape index (κ3) is 7.16. The van der Waals surface area contributed by atoms with E-state index in [1.807, 2.05) is 0 Å². The topological polar surface area (TPSA) is 12.5 Å². The number of rotatable bonds is 6. The zero-order valence-corrected chi connectivity index (χ0v) is 48.3. The van der Waals surface area contributed by atoms with Gasteiger partial charge < -0.3 is 9.64 Å². The second-order valence-electron chi connectivity index (χ2n) is 25.5. The molecule has 0 fully saturated rings. The molecule has 16 rings (SSSR count). The molecular formula is C82H63NO. The van der Waals surface area contributed by atoms with Crippen molar-refractivity contribution in [3.63, 3.8) is 0 Å². The first-order valence-corrected chi connectivity index (χ1v) is 29.7. The third-order valence-electron chi connectivity index (χ3n) is 18.9. The number of fused-ring (bicyclic) bond motifs is 19. The minimum absolute atomic E-state index is 0.0975. The molecule has 1 heterocycles. The highest BCUT2D eigenvalue weighted by Crippen LogP contribution is 2.66. The molecule has 2 spiro atoms. The van der Waals surface area contributed by atoms with Crippen LogP contribution in [0.2, 0.25) is 0 Å². The van der Waals surface area contributed by atoms with Gasteiger partial charge in [0, 0.05) is 27.9 Å². The van der Waals surface area contributed by atoms with Crippen molar-refractivity contribution in [3.8, 4) is 78.3 Å².